The predicted molar refractivity (Wildman–Crippen MR) is 98.3 cm³/mol. The summed E-state index contributed by atoms with van der Waals surface area (Å²) in [4.78, 5) is 18.9. The second kappa shape index (κ2) is 7.33. The first kappa shape index (κ1) is 16.2. The molecule has 0 saturated carbocycles. The van der Waals surface area contributed by atoms with Crippen LogP contribution in [0.1, 0.15) is 23.2 Å². The summed E-state index contributed by atoms with van der Waals surface area (Å²) >= 11 is 1.58. The molecule has 2 heterocycles. The molecule has 0 atom stereocenters. The number of nitrogens with one attached hydrogen (secondary N) is 1. The third kappa shape index (κ3) is 3.72. The van der Waals surface area contributed by atoms with Crippen molar-refractivity contribution in [3.63, 3.8) is 0 Å². The van der Waals surface area contributed by atoms with Gasteiger partial charge in [-0.15, -0.1) is 11.3 Å². The number of rotatable bonds is 4. The van der Waals surface area contributed by atoms with Gasteiger partial charge in [-0.2, -0.15) is 5.10 Å². The molecule has 4 rings (SSSR count). The van der Waals surface area contributed by atoms with Gasteiger partial charge in [-0.1, -0.05) is 24.3 Å². The van der Waals surface area contributed by atoms with E-state index in [2.05, 4.69) is 32.5 Å². The van der Waals surface area contributed by atoms with Crippen LogP contribution in [0.2, 0.25) is 0 Å². The number of hydrogen-bond donors (Lipinski definition) is 1. The topological polar surface area (TPSA) is 66.8 Å². The maximum Gasteiger partial charge on any atom is 0.246 e. The van der Waals surface area contributed by atoms with Crippen LogP contribution in [0.5, 0.6) is 0 Å². The highest BCUT2D eigenvalue weighted by atomic mass is 32.1. The Hall–Kier alpha value is -2.25. The van der Waals surface area contributed by atoms with Crippen LogP contribution in [0.3, 0.4) is 0 Å². The highest BCUT2D eigenvalue weighted by molar-refractivity contribution is 7.13. The number of aryl methyl sites for hydroxylation is 1. The number of nitrogens with zero attached hydrogens (tertiary/aromatic N) is 3. The minimum Gasteiger partial charge on any atom is -0.378 e. The lowest BCUT2D eigenvalue weighted by molar-refractivity contribution is -0.120. The number of morpholine rings is 1. The quantitative estimate of drug-likeness (QED) is 0.851. The van der Waals surface area contributed by atoms with E-state index in [0.29, 0.717) is 0 Å². The van der Waals surface area contributed by atoms with Crippen molar-refractivity contribution >= 4 is 28.1 Å². The number of aromatic nitrogens is 1. The van der Waals surface area contributed by atoms with Gasteiger partial charge in [-0.3, -0.25) is 4.79 Å². The zero-order valence-corrected chi connectivity index (χ0v) is 14.7. The van der Waals surface area contributed by atoms with Crippen molar-refractivity contribution in [3.8, 4) is 0 Å². The Bertz CT molecular complexity index is 796. The monoisotopic (exact) mass is 356 g/mol. The van der Waals surface area contributed by atoms with E-state index in [9.17, 15) is 4.79 Å². The van der Waals surface area contributed by atoms with Crippen LogP contribution in [-0.4, -0.2) is 42.9 Å². The number of benzene rings is 1. The second-order valence-corrected chi connectivity index (χ2v) is 6.98. The molecule has 1 saturated heterocycles. The molecule has 1 fully saturated rings. The zero-order valence-electron chi connectivity index (χ0n) is 13.9. The normalized spacial score (nSPS) is 18.4. The van der Waals surface area contributed by atoms with Crippen molar-refractivity contribution in [1.29, 1.82) is 0 Å². The molecule has 0 bridgehead atoms. The van der Waals surface area contributed by atoms with Gasteiger partial charge in [0.2, 0.25) is 5.91 Å². The summed E-state index contributed by atoms with van der Waals surface area (Å²) in [6, 6.07) is 8.21. The van der Waals surface area contributed by atoms with Gasteiger partial charge < -0.3 is 9.64 Å². The number of hydrazone groups is 1. The van der Waals surface area contributed by atoms with Crippen molar-refractivity contribution in [2.45, 2.75) is 19.3 Å². The molecule has 1 aromatic heterocycles. The van der Waals surface area contributed by atoms with E-state index in [1.54, 1.807) is 11.3 Å². The summed E-state index contributed by atoms with van der Waals surface area (Å²) in [5.41, 5.74) is 6.87. The summed E-state index contributed by atoms with van der Waals surface area (Å²) in [6.07, 6.45) is 2.11. The Balaban J connectivity index is 1.35. The molecular weight excluding hydrogens is 336 g/mol. The van der Waals surface area contributed by atoms with E-state index in [0.717, 1.165) is 61.2 Å². The maximum absolute atomic E-state index is 12.2. The van der Waals surface area contributed by atoms with Crippen LogP contribution in [0, 0.1) is 0 Å². The molecule has 130 valence electrons. The molecule has 7 heteroatoms. The van der Waals surface area contributed by atoms with Crippen molar-refractivity contribution in [2.24, 2.45) is 5.10 Å². The number of carbonyl (C=O) groups excluding carboxylic acids is 1. The van der Waals surface area contributed by atoms with Gasteiger partial charge in [0, 0.05) is 24.0 Å². The van der Waals surface area contributed by atoms with Crippen LogP contribution in [0.4, 0.5) is 5.13 Å². The van der Waals surface area contributed by atoms with Gasteiger partial charge in [-0.25, -0.2) is 10.4 Å². The first-order chi connectivity index (χ1) is 12.3. The van der Waals surface area contributed by atoms with Crippen LogP contribution in [0.15, 0.2) is 34.7 Å². The fraction of sp³-hybridized carbons (Fsp3) is 0.389. The molecule has 25 heavy (non-hydrogen) atoms. The zero-order chi connectivity index (χ0) is 17.1. The Labute approximate surface area is 150 Å². The van der Waals surface area contributed by atoms with Gasteiger partial charge in [0.05, 0.1) is 31.0 Å². The van der Waals surface area contributed by atoms with Gasteiger partial charge in [0.25, 0.3) is 0 Å². The van der Waals surface area contributed by atoms with Gasteiger partial charge in [-0.05, 0) is 18.4 Å². The smallest absolute Gasteiger partial charge is 0.246 e. The van der Waals surface area contributed by atoms with Crippen LogP contribution in [-0.2, 0) is 22.4 Å². The van der Waals surface area contributed by atoms with Crippen molar-refractivity contribution < 1.29 is 9.53 Å². The largest absolute Gasteiger partial charge is 0.378 e. The SMILES string of the molecule is O=C(Cc1csc(N2CCOCC2)n1)N/N=C1/CCc2ccccc21. The molecule has 2 aromatic rings. The molecule has 1 N–H and O–H groups in total. The highest BCUT2D eigenvalue weighted by Gasteiger charge is 2.18. The summed E-state index contributed by atoms with van der Waals surface area (Å²) in [5.74, 6) is -0.129. The van der Waals surface area contributed by atoms with Gasteiger partial charge in [0.15, 0.2) is 5.13 Å². The average molecular weight is 356 g/mol. The average Bonchev–Trinajstić information content (AvgIpc) is 3.28. The minimum absolute atomic E-state index is 0.129. The summed E-state index contributed by atoms with van der Waals surface area (Å²) < 4.78 is 5.35. The Morgan fingerprint density at radius 3 is 3.00 bits per heavy atom. The van der Waals surface area contributed by atoms with E-state index in [4.69, 9.17) is 4.74 Å². The van der Waals surface area contributed by atoms with Crippen molar-refractivity contribution in [3.05, 3.63) is 46.5 Å². The van der Waals surface area contributed by atoms with Gasteiger partial charge >= 0.3 is 0 Å². The Morgan fingerprint density at radius 1 is 1.28 bits per heavy atom. The number of carbonyl (C=O) groups is 1. The Morgan fingerprint density at radius 2 is 2.12 bits per heavy atom. The summed E-state index contributed by atoms with van der Waals surface area (Å²) in [5, 5.41) is 7.23. The molecule has 0 spiro atoms. The minimum atomic E-state index is -0.129. The number of hydrogen-bond acceptors (Lipinski definition) is 6. The van der Waals surface area contributed by atoms with Crippen molar-refractivity contribution in [2.75, 3.05) is 31.2 Å². The first-order valence-corrected chi connectivity index (χ1v) is 9.38. The fourth-order valence-corrected chi connectivity index (χ4v) is 4.01. The van der Waals surface area contributed by atoms with E-state index >= 15 is 0 Å². The molecule has 0 radical (unpaired) electrons. The number of thiazole rings is 1. The molecule has 1 aliphatic heterocycles. The second-order valence-electron chi connectivity index (χ2n) is 6.15. The van der Waals surface area contributed by atoms with Crippen LogP contribution in [0.25, 0.3) is 0 Å². The lowest BCUT2D eigenvalue weighted by Gasteiger charge is -2.26. The molecule has 2 aliphatic rings. The van der Waals surface area contributed by atoms with E-state index in [-0.39, 0.29) is 12.3 Å². The molecule has 0 unspecified atom stereocenters. The lowest BCUT2D eigenvalue weighted by Crippen LogP contribution is -2.36. The fourth-order valence-electron chi connectivity index (χ4n) is 3.13. The van der Waals surface area contributed by atoms with Crippen molar-refractivity contribution in [1.82, 2.24) is 10.4 Å². The highest BCUT2D eigenvalue weighted by Crippen LogP contribution is 2.23. The third-order valence-electron chi connectivity index (χ3n) is 4.44. The van der Waals surface area contributed by atoms with E-state index < -0.39 is 0 Å². The maximum atomic E-state index is 12.2. The van der Waals surface area contributed by atoms with E-state index in [1.165, 1.54) is 5.56 Å². The molecule has 1 amide bonds. The summed E-state index contributed by atoms with van der Waals surface area (Å²) in [6.45, 7) is 3.17. The number of fused-ring (bicyclic) bond motifs is 1. The summed E-state index contributed by atoms with van der Waals surface area (Å²) in [7, 11) is 0. The molecular formula is C18H20N4O2S. The molecule has 1 aromatic carbocycles. The van der Waals surface area contributed by atoms with Crippen LogP contribution >= 0.6 is 11.3 Å². The third-order valence-corrected chi connectivity index (χ3v) is 5.39. The molecule has 6 nitrogen and oxygen atoms in total. The first-order valence-electron chi connectivity index (χ1n) is 8.50. The Kier molecular flexibility index (Phi) is 4.76. The van der Waals surface area contributed by atoms with Gasteiger partial charge in [0.1, 0.15) is 0 Å². The standard InChI is InChI=1S/C18H20N4O2S/c23-17(21-20-16-6-5-13-3-1-2-4-15(13)16)11-14-12-25-18(19-14)22-7-9-24-10-8-22/h1-4,12H,5-11H2,(H,21,23)/b20-16-. The predicted octanol–water partition coefficient (Wildman–Crippen LogP) is 1.99. The van der Waals surface area contributed by atoms with E-state index in [1.807, 2.05) is 17.5 Å². The molecule has 1 aliphatic carbocycles. The number of ether oxygens (including phenoxy) is 1. The lowest BCUT2D eigenvalue weighted by atomic mass is 10.1. The van der Waals surface area contributed by atoms with Crippen LogP contribution < -0.4 is 10.3 Å². The number of anilines is 1. The number of amides is 1.